The molecular weight excluding hydrogens is 334 g/mol. The minimum Gasteiger partial charge on any atom is -0.445 e. The number of aromatic amines is 1. The summed E-state index contributed by atoms with van der Waals surface area (Å²) >= 11 is 0. The summed E-state index contributed by atoms with van der Waals surface area (Å²) in [4.78, 5) is 24.4. The molecule has 2 amide bonds. The molecule has 140 valence electrons. The first-order valence-electron chi connectivity index (χ1n) is 8.53. The lowest BCUT2D eigenvalue weighted by Crippen LogP contribution is -2.51. The Balaban J connectivity index is 1.80. The number of hydrogen-bond acceptors (Lipinski definition) is 5. The molecule has 8 nitrogen and oxygen atoms in total. The Morgan fingerprint density at radius 2 is 1.96 bits per heavy atom. The number of carbonyl (C=O) groups is 2. The standard InChI is InChI=1S/C18H25N5O3/c1-13(2)10-16(17(24)23-20-11-15-8-9-19-22-15)21-18(25)26-12-14-6-4-3-5-7-14/h3-9,13,16,20H,10-12H2,1-2H3,(H,19,22)(H,21,25)(H,23,24). The number of amides is 2. The molecule has 0 aliphatic rings. The first-order valence-corrected chi connectivity index (χ1v) is 8.53. The van der Waals surface area contributed by atoms with Crippen LogP contribution in [0.15, 0.2) is 42.6 Å². The number of aromatic nitrogens is 2. The number of hydrazine groups is 1. The van der Waals surface area contributed by atoms with E-state index in [9.17, 15) is 9.59 Å². The van der Waals surface area contributed by atoms with E-state index in [1.165, 1.54) is 0 Å². The molecule has 0 aliphatic carbocycles. The molecule has 0 saturated carbocycles. The second-order valence-corrected chi connectivity index (χ2v) is 6.30. The molecule has 8 heteroatoms. The van der Waals surface area contributed by atoms with E-state index in [1.807, 2.05) is 44.2 Å². The van der Waals surface area contributed by atoms with Crippen LogP contribution in [-0.4, -0.2) is 28.2 Å². The molecule has 0 saturated heterocycles. The summed E-state index contributed by atoms with van der Waals surface area (Å²) in [7, 11) is 0. The van der Waals surface area contributed by atoms with Crippen LogP contribution in [0.2, 0.25) is 0 Å². The Morgan fingerprint density at radius 3 is 2.62 bits per heavy atom. The van der Waals surface area contributed by atoms with E-state index < -0.39 is 12.1 Å². The lowest BCUT2D eigenvalue weighted by molar-refractivity contribution is -0.124. The second kappa shape index (κ2) is 10.2. The molecule has 1 heterocycles. The van der Waals surface area contributed by atoms with Gasteiger partial charge in [0, 0.05) is 6.20 Å². The third kappa shape index (κ3) is 6.94. The smallest absolute Gasteiger partial charge is 0.408 e. The van der Waals surface area contributed by atoms with Crippen LogP contribution in [0.5, 0.6) is 0 Å². The maximum absolute atomic E-state index is 12.3. The largest absolute Gasteiger partial charge is 0.445 e. The van der Waals surface area contributed by atoms with Gasteiger partial charge >= 0.3 is 6.09 Å². The SMILES string of the molecule is CC(C)CC(NC(=O)OCc1ccccc1)C(=O)NNCc1cc[nH]n1. The van der Waals surface area contributed by atoms with Gasteiger partial charge in [0.25, 0.3) is 5.91 Å². The number of hydrogen-bond donors (Lipinski definition) is 4. The molecule has 1 aromatic carbocycles. The Hall–Kier alpha value is -2.87. The highest BCUT2D eigenvalue weighted by Gasteiger charge is 2.22. The monoisotopic (exact) mass is 359 g/mol. The Bertz CT molecular complexity index is 673. The van der Waals surface area contributed by atoms with E-state index in [0.717, 1.165) is 11.3 Å². The number of alkyl carbamates (subject to hydrolysis) is 1. The van der Waals surface area contributed by atoms with Crippen molar-refractivity contribution in [2.24, 2.45) is 5.92 Å². The first-order chi connectivity index (χ1) is 12.5. The third-order valence-corrected chi connectivity index (χ3v) is 3.57. The van der Waals surface area contributed by atoms with E-state index >= 15 is 0 Å². The fourth-order valence-corrected chi connectivity index (χ4v) is 2.31. The van der Waals surface area contributed by atoms with Gasteiger partial charge in [-0.3, -0.25) is 15.3 Å². The average molecular weight is 359 g/mol. The number of nitrogens with one attached hydrogen (secondary N) is 4. The van der Waals surface area contributed by atoms with E-state index in [1.54, 1.807) is 12.3 Å². The predicted octanol–water partition coefficient (Wildman–Crippen LogP) is 1.87. The summed E-state index contributed by atoms with van der Waals surface area (Å²) < 4.78 is 5.19. The zero-order chi connectivity index (χ0) is 18.8. The van der Waals surface area contributed by atoms with Gasteiger partial charge in [-0.2, -0.15) is 5.10 Å². The number of ether oxygens (including phenoxy) is 1. The number of carbonyl (C=O) groups excluding carboxylic acids is 2. The lowest BCUT2D eigenvalue weighted by atomic mass is 10.0. The van der Waals surface area contributed by atoms with Gasteiger partial charge in [0.15, 0.2) is 0 Å². The van der Waals surface area contributed by atoms with Gasteiger partial charge in [-0.05, 0) is 24.0 Å². The van der Waals surface area contributed by atoms with Crippen LogP contribution in [0.3, 0.4) is 0 Å². The molecule has 1 aromatic heterocycles. The van der Waals surface area contributed by atoms with E-state index in [2.05, 4.69) is 26.4 Å². The van der Waals surface area contributed by atoms with Gasteiger partial charge in [-0.1, -0.05) is 44.2 Å². The summed E-state index contributed by atoms with van der Waals surface area (Å²) in [5.74, 6) is -0.0996. The molecule has 2 aromatic rings. The molecule has 26 heavy (non-hydrogen) atoms. The van der Waals surface area contributed by atoms with Crippen molar-refractivity contribution in [2.45, 2.75) is 39.5 Å². The molecule has 0 aliphatic heterocycles. The number of H-pyrrole nitrogens is 1. The molecular formula is C18H25N5O3. The maximum Gasteiger partial charge on any atom is 0.408 e. The molecule has 0 fully saturated rings. The minimum absolute atomic E-state index is 0.153. The van der Waals surface area contributed by atoms with Crippen molar-refractivity contribution in [1.82, 2.24) is 26.4 Å². The van der Waals surface area contributed by atoms with Crippen LogP contribution in [0.1, 0.15) is 31.5 Å². The topological polar surface area (TPSA) is 108 Å². The molecule has 2 rings (SSSR count). The zero-order valence-electron chi connectivity index (χ0n) is 15.0. The Kier molecular flexibility index (Phi) is 7.63. The number of rotatable bonds is 9. The molecule has 0 radical (unpaired) electrons. The highest BCUT2D eigenvalue weighted by Crippen LogP contribution is 2.06. The summed E-state index contributed by atoms with van der Waals surface area (Å²) in [5.41, 5.74) is 7.04. The van der Waals surface area contributed by atoms with Crippen molar-refractivity contribution >= 4 is 12.0 Å². The van der Waals surface area contributed by atoms with Gasteiger partial charge in [0.2, 0.25) is 0 Å². The Morgan fingerprint density at radius 1 is 1.19 bits per heavy atom. The number of nitrogens with zero attached hydrogens (tertiary/aromatic N) is 1. The average Bonchev–Trinajstić information content (AvgIpc) is 3.13. The minimum atomic E-state index is -0.690. The molecule has 1 unspecified atom stereocenters. The lowest BCUT2D eigenvalue weighted by Gasteiger charge is -2.20. The zero-order valence-corrected chi connectivity index (χ0v) is 15.0. The fraction of sp³-hybridized carbons (Fsp3) is 0.389. The van der Waals surface area contributed by atoms with Crippen molar-refractivity contribution in [2.75, 3.05) is 0 Å². The molecule has 4 N–H and O–H groups in total. The van der Waals surface area contributed by atoms with Crippen molar-refractivity contribution in [1.29, 1.82) is 0 Å². The Labute approximate surface area is 152 Å². The van der Waals surface area contributed by atoms with E-state index in [4.69, 9.17) is 4.74 Å². The summed E-state index contributed by atoms with van der Waals surface area (Å²) in [5, 5.41) is 9.30. The van der Waals surface area contributed by atoms with Crippen LogP contribution in [0.25, 0.3) is 0 Å². The van der Waals surface area contributed by atoms with Crippen LogP contribution >= 0.6 is 0 Å². The predicted molar refractivity (Wildman–Crippen MR) is 96.6 cm³/mol. The molecule has 0 spiro atoms. The molecule has 0 bridgehead atoms. The van der Waals surface area contributed by atoms with Crippen LogP contribution in [0, 0.1) is 5.92 Å². The summed E-state index contributed by atoms with van der Waals surface area (Å²) in [6, 6.07) is 10.5. The van der Waals surface area contributed by atoms with Crippen molar-refractivity contribution in [3.8, 4) is 0 Å². The highest BCUT2D eigenvalue weighted by atomic mass is 16.5. The summed E-state index contributed by atoms with van der Waals surface area (Å²) in [6.45, 7) is 4.49. The van der Waals surface area contributed by atoms with Gasteiger partial charge < -0.3 is 10.1 Å². The maximum atomic E-state index is 12.3. The fourth-order valence-electron chi connectivity index (χ4n) is 2.31. The third-order valence-electron chi connectivity index (χ3n) is 3.57. The van der Waals surface area contributed by atoms with Crippen LogP contribution in [-0.2, 0) is 22.7 Å². The van der Waals surface area contributed by atoms with Gasteiger partial charge in [-0.25, -0.2) is 10.2 Å². The first kappa shape index (κ1) is 19.5. The van der Waals surface area contributed by atoms with Crippen LogP contribution in [0.4, 0.5) is 4.79 Å². The molecule has 1 atom stereocenters. The van der Waals surface area contributed by atoms with Gasteiger partial charge in [-0.15, -0.1) is 0 Å². The summed E-state index contributed by atoms with van der Waals surface area (Å²) in [6.07, 6.45) is 1.57. The second-order valence-electron chi connectivity index (χ2n) is 6.30. The number of benzene rings is 1. The normalized spacial score (nSPS) is 11.8. The quantitative estimate of drug-likeness (QED) is 0.511. The van der Waals surface area contributed by atoms with Crippen molar-refractivity contribution < 1.29 is 14.3 Å². The van der Waals surface area contributed by atoms with Gasteiger partial charge in [0.05, 0.1) is 12.2 Å². The van der Waals surface area contributed by atoms with Crippen molar-refractivity contribution in [3.05, 3.63) is 53.9 Å². The van der Waals surface area contributed by atoms with Crippen LogP contribution < -0.4 is 16.2 Å². The highest BCUT2D eigenvalue weighted by molar-refractivity contribution is 5.85. The van der Waals surface area contributed by atoms with Crippen molar-refractivity contribution in [3.63, 3.8) is 0 Å². The van der Waals surface area contributed by atoms with E-state index in [-0.39, 0.29) is 18.4 Å². The van der Waals surface area contributed by atoms with Gasteiger partial charge in [0.1, 0.15) is 12.6 Å². The van der Waals surface area contributed by atoms with E-state index in [0.29, 0.717) is 13.0 Å².